The minimum absolute atomic E-state index is 0.167. The lowest BCUT2D eigenvalue weighted by Crippen LogP contribution is -2.28. The summed E-state index contributed by atoms with van der Waals surface area (Å²) < 4.78 is 10.3. The zero-order chi connectivity index (χ0) is 22.9. The van der Waals surface area contributed by atoms with Crippen LogP contribution in [0.15, 0.2) is 66.0 Å². The summed E-state index contributed by atoms with van der Waals surface area (Å²) in [6, 6.07) is 18.2. The molecule has 33 heavy (non-hydrogen) atoms. The van der Waals surface area contributed by atoms with Gasteiger partial charge in [0.2, 0.25) is 0 Å². The van der Waals surface area contributed by atoms with Crippen molar-refractivity contribution in [2.75, 3.05) is 18.6 Å². The molecular formula is C25H21N3O4S. The highest BCUT2D eigenvalue weighted by atomic mass is 32.1. The van der Waals surface area contributed by atoms with E-state index in [0.29, 0.717) is 23.6 Å². The smallest absolute Gasteiger partial charge is 0.338 e. The molecule has 1 aliphatic heterocycles. The first kappa shape index (κ1) is 21.0. The van der Waals surface area contributed by atoms with Crippen LogP contribution in [0.3, 0.4) is 0 Å². The molecule has 2 aromatic heterocycles. The number of anilines is 1. The summed E-state index contributed by atoms with van der Waals surface area (Å²) in [6.07, 6.45) is 0. The van der Waals surface area contributed by atoms with Crippen LogP contribution in [0.2, 0.25) is 0 Å². The second-order valence-electron chi connectivity index (χ2n) is 7.45. The molecule has 1 atom stereocenters. The van der Waals surface area contributed by atoms with E-state index in [0.717, 1.165) is 27.4 Å². The Balaban J connectivity index is 1.59. The van der Waals surface area contributed by atoms with Crippen LogP contribution < -0.4 is 9.64 Å². The lowest BCUT2D eigenvalue weighted by Gasteiger charge is -2.25. The molecule has 7 nitrogen and oxygen atoms in total. The molecule has 0 saturated carbocycles. The van der Waals surface area contributed by atoms with Crippen LogP contribution in [0, 0.1) is 0 Å². The standard InChI is InChI=1S/C25H21N3O4S/c1-3-32-25(30)16-6-10-17(11-7-16)28-23(19-5-4-14-33-19)20-21(26-27-22(20)24(28)29)15-8-12-18(31-2)13-9-15/h4-14,23H,3H2,1-2H3,(H,26,27). The number of carbonyl (C=O) groups is 2. The van der Waals surface area contributed by atoms with E-state index in [4.69, 9.17) is 9.47 Å². The zero-order valence-electron chi connectivity index (χ0n) is 18.1. The number of nitrogens with zero attached hydrogens (tertiary/aromatic N) is 2. The van der Waals surface area contributed by atoms with Crippen molar-refractivity contribution in [1.29, 1.82) is 0 Å². The Kier molecular flexibility index (Phi) is 5.43. The summed E-state index contributed by atoms with van der Waals surface area (Å²) in [6.45, 7) is 2.07. The second kappa shape index (κ2) is 8.55. The number of methoxy groups -OCH3 is 1. The Bertz CT molecular complexity index is 1290. The zero-order valence-corrected chi connectivity index (χ0v) is 18.9. The Hall–Kier alpha value is -3.91. The molecule has 0 aliphatic carbocycles. The summed E-state index contributed by atoms with van der Waals surface area (Å²) in [7, 11) is 1.62. The van der Waals surface area contributed by atoms with Crippen LogP contribution >= 0.6 is 11.3 Å². The van der Waals surface area contributed by atoms with Crippen LogP contribution in [0.1, 0.15) is 44.3 Å². The normalized spacial score (nSPS) is 14.9. The third kappa shape index (κ3) is 3.58. The number of nitrogens with one attached hydrogen (secondary N) is 1. The van der Waals surface area contributed by atoms with Gasteiger partial charge in [-0.1, -0.05) is 6.07 Å². The molecule has 1 amide bonds. The van der Waals surface area contributed by atoms with Crippen molar-refractivity contribution in [2.24, 2.45) is 0 Å². The number of thiophene rings is 1. The van der Waals surface area contributed by atoms with Gasteiger partial charge in [-0.3, -0.25) is 14.8 Å². The summed E-state index contributed by atoms with van der Waals surface area (Å²) in [5, 5.41) is 9.44. The Morgan fingerprint density at radius 1 is 1.12 bits per heavy atom. The summed E-state index contributed by atoms with van der Waals surface area (Å²) in [5.74, 6) is 0.197. The maximum atomic E-state index is 13.5. The molecule has 1 unspecified atom stereocenters. The maximum Gasteiger partial charge on any atom is 0.338 e. The van der Waals surface area contributed by atoms with Crippen molar-refractivity contribution in [3.63, 3.8) is 0 Å². The highest BCUT2D eigenvalue weighted by molar-refractivity contribution is 7.10. The Morgan fingerprint density at radius 2 is 1.88 bits per heavy atom. The van der Waals surface area contributed by atoms with Gasteiger partial charge < -0.3 is 9.47 Å². The molecule has 0 saturated heterocycles. The number of hydrogen-bond donors (Lipinski definition) is 1. The number of rotatable bonds is 6. The minimum Gasteiger partial charge on any atom is -0.497 e. The van der Waals surface area contributed by atoms with E-state index in [2.05, 4.69) is 10.2 Å². The number of carbonyl (C=O) groups excluding carboxylic acids is 2. The van der Waals surface area contributed by atoms with Gasteiger partial charge in [0.25, 0.3) is 5.91 Å². The topological polar surface area (TPSA) is 84.5 Å². The van der Waals surface area contributed by atoms with E-state index in [1.165, 1.54) is 0 Å². The van der Waals surface area contributed by atoms with E-state index < -0.39 is 0 Å². The first-order valence-corrected chi connectivity index (χ1v) is 11.4. The van der Waals surface area contributed by atoms with E-state index in [-0.39, 0.29) is 17.9 Å². The molecule has 0 radical (unpaired) electrons. The molecule has 3 heterocycles. The van der Waals surface area contributed by atoms with Crippen molar-refractivity contribution in [3.8, 4) is 17.0 Å². The van der Waals surface area contributed by atoms with E-state index in [9.17, 15) is 9.59 Å². The van der Waals surface area contributed by atoms with Crippen LogP contribution in [-0.4, -0.2) is 35.8 Å². The van der Waals surface area contributed by atoms with E-state index >= 15 is 0 Å². The van der Waals surface area contributed by atoms with Gasteiger partial charge in [-0.2, -0.15) is 5.10 Å². The fourth-order valence-electron chi connectivity index (χ4n) is 4.07. The second-order valence-corrected chi connectivity index (χ2v) is 8.43. The van der Waals surface area contributed by atoms with Crippen LogP contribution in [0.4, 0.5) is 5.69 Å². The predicted molar refractivity (Wildman–Crippen MR) is 126 cm³/mol. The van der Waals surface area contributed by atoms with Gasteiger partial charge in [0, 0.05) is 21.7 Å². The van der Waals surface area contributed by atoms with Gasteiger partial charge in [0.15, 0.2) is 0 Å². The fraction of sp³-hybridized carbons (Fsp3) is 0.160. The van der Waals surface area contributed by atoms with Gasteiger partial charge in [-0.25, -0.2) is 4.79 Å². The highest BCUT2D eigenvalue weighted by Gasteiger charge is 2.43. The molecule has 1 aliphatic rings. The number of esters is 1. The summed E-state index contributed by atoms with van der Waals surface area (Å²) in [4.78, 5) is 28.3. The molecule has 0 spiro atoms. The Labute approximate surface area is 194 Å². The maximum absolute atomic E-state index is 13.5. The fourth-order valence-corrected chi connectivity index (χ4v) is 4.89. The number of aromatic nitrogens is 2. The van der Waals surface area contributed by atoms with Gasteiger partial charge in [0.05, 0.1) is 25.0 Å². The largest absolute Gasteiger partial charge is 0.497 e. The third-order valence-electron chi connectivity index (χ3n) is 5.60. The predicted octanol–water partition coefficient (Wildman–Crippen LogP) is 5.07. The number of H-pyrrole nitrogens is 1. The van der Waals surface area contributed by atoms with Crippen LogP contribution in [0.5, 0.6) is 5.75 Å². The van der Waals surface area contributed by atoms with Crippen molar-refractivity contribution in [3.05, 3.63) is 87.7 Å². The number of hydrogen-bond acceptors (Lipinski definition) is 6. The van der Waals surface area contributed by atoms with E-state index in [1.54, 1.807) is 54.5 Å². The highest BCUT2D eigenvalue weighted by Crippen LogP contribution is 2.46. The average Bonchev–Trinajstić information content (AvgIpc) is 3.58. The SMILES string of the molecule is CCOC(=O)c1ccc(N2C(=O)c3[nH]nc(-c4ccc(OC)cc4)c3C2c2cccs2)cc1. The van der Waals surface area contributed by atoms with Gasteiger partial charge in [-0.15, -0.1) is 11.3 Å². The lowest BCUT2D eigenvalue weighted by atomic mass is 10.0. The monoisotopic (exact) mass is 459 g/mol. The van der Waals surface area contributed by atoms with Crippen molar-refractivity contribution < 1.29 is 19.1 Å². The molecule has 8 heteroatoms. The van der Waals surface area contributed by atoms with Crippen molar-refractivity contribution >= 4 is 28.9 Å². The molecule has 5 rings (SSSR count). The minimum atomic E-state index is -0.386. The number of amides is 1. The molecule has 166 valence electrons. The molecular weight excluding hydrogens is 438 g/mol. The van der Waals surface area contributed by atoms with Gasteiger partial charge in [0.1, 0.15) is 17.5 Å². The molecule has 0 bridgehead atoms. The number of benzene rings is 2. The molecule has 2 aromatic carbocycles. The number of aromatic amines is 1. The van der Waals surface area contributed by atoms with Crippen molar-refractivity contribution in [2.45, 2.75) is 13.0 Å². The molecule has 4 aromatic rings. The first-order chi connectivity index (χ1) is 16.1. The molecule has 0 fully saturated rings. The Morgan fingerprint density at radius 3 is 2.52 bits per heavy atom. The van der Waals surface area contributed by atoms with Gasteiger partial charge >= 0.3 is 5.97 Å². The van der Waals surface area contributed by atoms with Crippen LogP contribution in [-0.2, 0) is 4.74 Å². The quantitative estimate of drug-likeness (QED) is 0.407. The summed E-state index contributed by atoms with van der Waals surface area (Å²) in [5.41, 5.74) is 4.05. The third-order valence-corrected chi connectivity index (χ3v) is 6.53. The lowest BCUT2D eigenvalue weighted by molar-refractivity contribution is 0.0526. The number of fused-ring (bicyclic) bond motifs is 1. The number of ether oxygens (including phenoxy) is 2. The molecule has 1 N–H and O–H groups in total. The van der Waals surface area contributed by atoms with E-state index in [1.807, 2.05) is 41.8 Å². The van der Waals surface area contributed by atoms with Crippen molar-refractivity contribution in [1.82, 2.24) is 10.2 Å². The van der Waals surface area contributed by atoms with Gasteiger partial charge in [-0.05, 0) is 66.9 Å². The van der Waals surface area contributed by atoms with Crippen LogP contribution in [0.25, 0.3) is 11.3 Å². The first-order valence-electron chi connectivity index (χ1n) is 10.5. The summed E-state index contributed by atoms with van der Waals surface area (Å²) >= 11 is 1.58. The average molecular weight is 460 g/mol.